The fraction of sp³-hybridized carbons (Fsp3) is 0.579. The monoisotopic (exact) mass is 474 g/mol. The van der Waals surface area contributed by atoms with Crippen LogP contribution in [-0.2, 0) is 25.8 Å². The molecule has 0 bridgehead atoms. The van der Waals surface area contributed by atoms with Gasteiger partial charge >= 0.3 is 5.97 Å². The lowest BCUT2D eigenvalue weighted by atomic mass is 9.86. The average molecular weight is 475 g/mol. The molecule has 1 aliphatic rings. The number of thioether (sulfide) groups is 2. The molecule has 0 spiro atoms. The Hall–Kier alpha value is -1.86. The van der Waals surface area contributed by atoms with Gasteiger partial charge in [0.2, 0.25) is 5.91 Å². The second-order valence-electron chi connectivity index (χ2n) is 6.74. The number of nitro benzene ring substituents is 1. The van der Waals surface area contributed by atoms with Crippen molar-refractivity contribution in [2.75, 3.05) is 31.3 Å². The van der Waals surface area contributed by atoms with Crippen molar-refractivity contribution in [3.05, 3.63) is 39.9 Å². The maximum absolute atomic E-state index is 11.9. The van der Waals surface area contributed by atoms with E-state index < -0.39 is 10.9 Å². The van der Waals surface area contributed by atoms with Crippen molar-refractivity contribution in [1.29, 1.82) is 0 Å². The third-order valence-electron chi connectivity index (χ3n) is 4.55. The van der Waals surface area contributed by atoms with Crippen LogP contribution in [0, 0.1) is 16.0 Å². The second kappa shape index (κ2) is 13.5. The summed E-state index contributed by atoms with van der Waals surface area (Å²) in [7, 11) is 0. The largest absolute Gasteiger partial charge is 0.396 e. The van der Waals surface area contributed by atoms with Gasteiger partial charge in [0.05, 0.1) is 41.7 Å². The molecule has 172 valence electrons. The number of hydrogen-bond donors (Lipinski definition) is 3. The molecule has 10 nitrogen and oxygen atoms in total. The summed E-state index contributed by atoms with van der Waals surface area (Å²) < 4.78 is 0.146. The van der Waals surface area contributed by atoms with E-state index in [2.05, 4.69) is 5.32 Å². The van der Waals surface area contributed by atoms with Crippen LogP contribution in [0.5, 0.6) is 0 Å². The van der Waals surface area contributed by atoms with Gasteiger partial charge in [0.1, 0.15) is 0 Å². The van der Waals surface area contributed by atoms with Crippen LogP contribution in [0.2, 0.25) is 0 Å². The Morgan fingerprint density at radius 3 is 2.39 bits per heavy atom. The van der Waals surface area contributed by atoms with Crippen LogP contribution in [0.3, 0.4) is 0 Å². The van der Waals surface area contributed by atoms with Crippen molar-refractivity contribution < 1.29 is 34.5 Å². The highest BCUT2D eigenvalue weighted by atomic mass is 32.2. The maximum atomic E-state index is 11.9. The molecule has 3 N–H and O–H groups in total. The van der Waals surface area contributed by atoms with E-state index in [1.54, 1.807) is 23.5 Å². The Balaban J connectivity index is 1.69. The molecule has 1 aromatic rings. The fourth-order valence-electron chi connectivity index (χ4n) is 3.01. The fourth-order valence-corrected chi connectivity index (χ4v) is 5.39. The average Bonchev–Trinajstić information content (AvgIpc) is 2.75. The highest BCUT2D eigenvalue weighted by Crippen LogP contribution is 2.33. The lowest BCUT2D eigenvalue weighted by Gasteiger charge is -2.38. The van der Waals surface area contributed by atoms with Gasteiger partial charge in [-0.05, 0) is 18.4 Å². The van der Waals surface area contributed by atoms with Crippen LogP contribution in [0.15, 0.2) is 24.3 Å². The quantitative estimate of drug-likeness (QED) is 0.0847. The molecule has 1 aromatic carbocycles. The van der Waals surface area contributed by atoms with Crippen LogP contribution in [-0.4, -0.2) is 69.0 Å². The minimum absolute atomic E-state index is 0.0331. The molecule has 31 heavy (non-hydrogen) atoms. The molecule has 2 rings (SSSR count). The Labute approximate surface area is 188 Å². The first-order valence-corrected chi connectivity index (χ1v) is 11.8. The number of aliphatic hydroxyl groups excluding tert-OH is 2. The van der Waals surface area contributed by atoms with Crippen molar-refractivity contribution in [3.63, 3.8) is 0 Å². The molecule has 0 unspecified atom stereocenters. The molecular weight excluding hydrogens is 448 g/mol. The van der Waals surface area contributed by atoms with Crippen molar-refractivity contribution >= 4 is 41.1 Å². The van der Waals surface area contributed by atoms with Crippen LogP contribution in [0.4, 0.5) is 5.69 Å². The van der Waals surface area contributed by atoms with Crippen LogP contribution >= 0.6 is 23.5 Å². The normalized spacial score (nSPS) is 17.8. The summed E-state index contributed by atoms with van der Waals surface area (Å²) in [5, 5.41) is 31.5. The Morgan fingerprint density at radius 1 is 1.19 bits per heavy atom. The van der Waals surface area contributed by atoms with Gasteiger partial charge < -0.3 is 15.5 Å². The summed E-state index contributed by atoms with van der Waals surface area (Å²) in [6, 6.07) is 5.54. The predicted octanol–water partition coefficient (Wildman–Crippen LogP) is 1.28. The van der Waals surface area contributed by atoms with E-state index in [0.29, 0.717) is 29.9 Å². The molecular formula is C19H26N2O8S2. The standard InChI is InChI=1S/C19H26N2O8S2/c22-6-9-30-18(31-10-7-23)12-16-15(19(25)20-16)5-8-28-29-17(24)11-13-1-3-14(4-2-13)21(26)27/h1-4,15-16,18,22-23H,5-12H2,(H,20,25)/t15-,16-/m0/s1. The number of carbonyl (C=O) groups excluding carboxylic acids is 2. The minimum atomic E-state index is -0.635. The Bertz CT molecular complexity index is 726. The molecule has 12 heteroatoms. The maximum Gasteiger partial charge on any atom is 0.346 e. The van der Waals surface area contributed by atoms with E-state index in [9.17, 15) is 19.7 Å². The second-order valence-corrected chi connectivity index (χ2v) is 9.66. The van der Waals surface area contributed by atoms with Gasteiger partial charge in [-0.2, -0.15) is 4.89 Å². The molecule has 1 fully saturated rings. The summed E-state index contributed by atoms with van der Waals surface area (Å²) in [6.07, 6.45) is 1.01. The highest BCUT2D eigenvalue weighted by molar-refractivity contribution is 8.17. The van der Waals surface area contributed by atoms with E-state index in [4.69, 9.17) is 20.0 Å². The zero-order valence-electron chi connectivity index (χ0n) is 16.8. The van der Waals surface area contributed by atoms with E-state index in [0.717, 1.165) is 0 Å². The summed E-state index contributed by atoms with van der Waals surface area (Å²) in [5.41, 5.74) is 0.498. The lowest BCUT2D eigenvalue weighted by Crippen LogP contribution is -2.59. The van der Waals surface area contributed by atoms with Crippen molar-refractivity contribution in [3.8, 4) is 0 Å². The number of β-lactam (4-membered cyclic amide) rings is 1. The zero-order chi connectivity index (χ0) is 22.6. The van der Waals surface area contributed by atoms with Crippen molar-refractivity contribution in [1.82, 2.24) is 5.32 Å². The van der Waals surface area contributed by atoms with E-state index in [-0.39, 0.29) is 54.4 Å². The van der Waals surface area contributed by atoms with Gasteiger partial charge in [-0.3, -0.25) is 19.8 Å². The number of carbonyl (C=O) groups is 2. The third kappa shape index (κ3) is 8.65. The first-order valence-electron chi connectivity index (χ1n) is 9.75. The molecule has 1 saturated heterocycles. The number of benzene rings is 1. The molecule has 0 saturated carbocycles. The SMILES string of the molecule is O=C(Cc1ccc([N+](=O)[O-])cc1)OOCC[C@@H]1C(=O)N[C@H]1CC(SCCO)SCCO. The first kappa shape index (κ1) is 25.4. The molecule has 1 aliphatic heterocycles. The molecule has 0 radical (unpaired) electrons. The molecule has 1 heterocycles. The highest BCUT2D eigenvalue weighted by Gasteiger charge is 2.40. The van der Waals surface area contributed by atoms with Gasteiger partial charge in [0, 0.05) is 29.7 Å². The number of nitrogens with zero attached hydrogens (tertiary/aromatic N) is 1. The van der Waals surface area contributed by atoms with E-state index in [1.165, 1.54) is 24.3 Å². The number of non-ortho nitro benzene ring substituents is 1. The number of rotatable bonds is 15. The van der Waals surface area contributed by atoms with Crippen molar-refractivity contribution in [2.45, 2.75) is 29.9 Å². The van der Waals surface area contributed by atoms with Gasteiger partial charge in [-0.25, -0.2) is 4.79 Å². The van der Waals surface area contributed by atoms with E-state index >= 15 is 0 Å². The smallest absolute Gasteiger partial charge is 0.346 e. The first-order chi connectivity index (χ1) is 14.9. The van der Waals surface area contributed by atoms with E-state index in [1.807, 2.05) is 0 Å². The summed E-state index contributed by atoms with van der Waals surface area (Å²) >= 11 is 3.18. The minimum Gasteiger partial charge on any atom is -0.396 e. The number of amides is 1. The molecule has 1 amide bonds. The molecule has 0 aliphatic carbocycles. The van der Waals surface area contributed by atoms with Gasteiger partial charge in [0.25, 0.3) is 5.69 Å². The van der Waals surface area contributed by atoms with Crippen molar-refractivity contribution in [2.24, 2.45) is 5.92 Å². The third-order valence-corrected chi connectivity index (χ3v) is 7.33. The van der Waals surface area contributed by atoms with Crippen LogP contribution < -0.4 is 5.32 Å². The Morgan fingerprint density at radius 2 is 1.84 bits per heavy atom. The number of nitrogens with one attached hydrogen (secondary N) is 1. The lowest BCUT2D eigenvalue weighted by molar-refractivity contribution is -0.384. The van der Waals surface area contributed by atoms with Gasteiger partial charge in [-0.1, -0.05) is 12.1 Å². The summed E-state index contributed by atoms with van der Waals surface area (Å²) in [4.78, 5) is 43.5. The zero-order valence-corrected chi connectivity index (χ0v) is 18.4. The predicted molar refractivity (Wildman–Crippen MR) is 116 cm³/mol. The summed E-state index contributed by atoms with van der Waals surface area (Å²) in [5.74, 6) is 0.207. The number of nitro groups is 1. The summed E-state index contributed by atoms with van der Waals surface area (Å²) in [6.45, 7) is 0.208. The number of hydrogen-bond acceptors (Lipinski definition) is 10. The molecule has 2 atom stereocenters. The van der Waals surface area contributed by atoms with Crippen LogP contribution in [0.25, 0.3) is 0 Å². The van der Waals surface area contributed by atoms with Gasteiger partial charge in [-0.15, -0.1) is 23.5 Å². The molecule has 0 aromatic heterocycles. The Kier molecular flexibility index (Phi) is 11.1. The number of aliphatic hydroxyl groups is 2. The van der Waals surface area contributed by atoms with Crippen LogP contribution in [0.1, 0.15) is 18.4 Å². The van der Waals surface area contributed by atoms with Gasteiger partial charge in [0.15, 0.2) is 0 Å². The topological polar surface area (TPSA) is 148 Å².